The summed E-state index contributed by atoms with van der Waals surface area (Å²) in [7, 11) is 1.54. The Kier molecular flexibility index (Phi) is 5.49. The van der Waals surface area contributed by atoms with Crippen LogP contribution in [0.25, 0.3) is 5.57 Å². The van der Waals surface area contributed by atoms with Crippen molar-refractivity contribution < 1.29 is 19.1 Å². The maximum atomic E-state index is 13.6. The van der Waals surface area contributed by atoms with Crippen LogP contribution in [0.1, 0.15) is 25.0 Å². The number of amides is 2. The van der Waals surface area contributed by atoms with E-state index in [4.69, 9.17) is 14.7 Å². The monoisotopic (exact) mass is 417 g/mol. The number of imide groups is 1. The number of hydrogen-bond donors (Lipinski definition) is 0. The Balaban J connectivity index is 1.86. The molecule has 0 aromatic heterocycles. The number of ether oxygens (including phenoxy) is 2. The van der Waals surface area contributed by atoms with Crippen molar-refractivity contribution in [1.29, 1.82) is 5.26 Å². The molecular weight excluding hydrogens is 394 g/mol. The summed E-state index contributed by atoms with van der Waals surface area (Å²) in [6, 6.07) is 15.7. The molecule has 0 radical (unpaired) electrons. The number of carbonyl (C=O) groups is 2. The first-order chi connectivity index (χ1) is 14.9. The molecule has 2 unspecified atom stereocenters. The molecule has 158 valence electrons. The fraction of sp³-hybridized carbons (Fsp3) is 0.292. The molecule has 7 nitrogen and oxygen atoms in total. The van der Waals surface area contributed by atoms with Crippen molar-refractivity contribution in [3.63, 3.8) is 0 Å². The topological polar surface area (TPSA) is 82.9 Å². The maximum Gasteiger partial charge on any atom is 0.282 e. The van der Waals surface area contributed by atoms with E-state index < -0.39 is 11.8 Å². The lowest BCUT2D eigenvalue weighted by atomic mass is 10.0. The molecular formula is C24H23N3O4. The molecule has 0 N–H and O–H groups in total. The summed E-state index contributed by atoms with van der Waals surface area (Å²) in [5, 5.41) is 9.07. The molecule has 2 amide bonds. The first kappa shape index (κ1) is 20.6. The van der Waals surface area contributed by atoms with E-state index in [0.29, 0.717) is 46.9 Å². The van der Waals surface area contributed by atoms with Gasteiger partial charge in [-0.25, -0.2) is 4.90 Å². The molecule has 1 saturated heterocycles. The van der Waals surface area contributed by atoms with Gasteiger partial charge in [-0.1, -0.05) is 18.2 Å². The highest BCUT2D eigenvalue weighted by atomic mass is 16.5. The molecule has 0 spiro atoms. The van der Waals surface area contributed by atoms with Gasteiger partial charge in [-0.05, 0) is 44.2 Å². The average molecular weight is 417 g/mol. The summed E-state index contributed by atoms with van der Waals surface area (Å²) in [4.78, 5) is 30.4. The van der Waals surface area contributed by atoms with E-state index in [1.54, 1.807) is 36.4 Å². The van der Waals surface area contributed by atoms with Crippen LogP contribution in [0.15, 0.2) is 54.2 Å². The highest BCUT2D eigenvalue weighted by Crippen LogP contribution is 2.39. The number of anilines is 1. The Bertz CT molecular complexity index is 1090. The van der Waals surface area contributed by atoms with Crippen molar-refractivity contribution in [3.8, 4) is 11.8 Å². The number of morpholine rings is 1. The molecule has 0 aliphatic carbocycles. The minimum Gasteiger partial charge on any atom is -0.496 e. The summed E-state index contributed by atoms with van der Waals surface area (Å²) in [5.41, 5.74) is 2.11. The molecule has 7 heteroatoms. The summed E-state index contributed by atoms with van der Waals surface area (Å²) in [6.07, 6.45) is -0.163. The van der Waals surface area contributed by atoms with E-state index in [1.165, 1.54) is 12.0 Å². The summed E-state index contributed by atoms with van der Waals surface area (Å²) >= 11 is 0. The minimum atomic E-state index is -0.416. The van der Waals surface area contributed by atoms with Crippen LogP contribution in [-0.2, 0) is 14.3 Å². The number of methoxy groups -OCH3 is 1. The number of nitriles is 1. The zero-order chi connectivity index (χ0) is 22.1. The molecule has 0 saturated carbocycles. The fourth-order valence-corrected chi connectivity index (χ4v) is 4.19. The Morgan fingerprint density at radius 3 is 2.26 bits per heavy atom. The van der Waals surface area contributed by atoms with Gasteiger partial charge in [0.25, 0.3) is 11.8 Å². The lowest BCUT2D eigenvalue weighted by molar-refractivity contribution is -0.121. The van der Waals surface area contributed by atoms with E-state index in [0.717, 1.165) is 0 Å². The third-order valence-corrected chi connectivity index (χ3v) is 5.43. The lowest BCUT2D eigenvalue weighted by Crippen LogP contribution is -2.47. The summed E-state index contributed by atoms with van der Waals surface area (Å²) in [6.45, 7) is 4.90. The standard InChI is InChI=1S/C24H23N3O4/c1-15-13-26(14-16(2)31-15)22-21(19-6-4-5-7-20(19)30-3)23(28)27(24(22)29)18-10-8-17(12-25)9-11-18/h4-11,15-16H,13-14H2,1-3H3. The third-order valence-electron chi connectivity index (χ3n) is 5.43. The molecule has 2 aliphatic heterocycles. The van der Waals surface area contributed by atoms with Crippen molar-refractivity contribution >= 4 is 23.1 Å². The number of hydrogen-bond acceptors (Lipinski definition) is 6. The van der Waals surface area contributed by atoms with Crippen LogP contribution in [0.4, 0.5) is 5.69 Å². The first-order valence-corrected chi connectivity index (χ1v) is 10.1. The van der Waals surface area contributed by atoms with Gasteiger partial charge in [-0.3, -0.25) is 9.59 Å². The van der Waals surface area contributed by atoms with Crippen molar-refractivity contribution in [1.82, 2.24) is 4.90 Å². The van der Waals surface area contributed by atoms with Crippen LogP contribution in [0.2, 0.25) is 0 Å². The van der Waals surface area contributed by atoms with Gasteiger partial charge in [0.15, 0.2) is 0 Å². The van der Waals surface area contributed by atoms with Crippen LogP contribution >= 0.6 is 0 Å². The predicted octanol–water partition coefficient (Wildman–Crippen LogP) is 2.96. The van der Waals surface area contributed by atoms with Gasteiger partial charge >= 0.3 is 0 Å². The molecule has 2 aromatic rings. The second-order valence-electron chi connectivity index (χ2n) is 7.69. The highest BCUT2D eigenvalue weighted by Gasteiger charge is 2.44. The van der Waals surface area contributed by atoms with Crippen LogP contribution in [0, 0.1) is 11.3 Å². The quantitative estimate of drug-likeness (QED) is 0.712. The molecule has 1 fully saturated rings. The average Bonchev–Trinajstić information content (AvgIpc) is 3.03. The Morgan fingerprint density at radius 1 is 1.00 bits per heavy atom. The van der Waals surface area contributed by atoms with E-state index in [-0.39, 0.29) is 12.2 Å². The van der Waals surface area contributed by atoms with Gasteiger partial charge < -0.3 is 14.4 Å². The van der Waals surface area contributed by atoms with E-state index in [9.17, 15) is 9.59 Å². The number of para-hydroxylation sites is 1. The van der Waals surface area contributed by atoms with Crippen molar-refractivity contribution in [3.05, 3.63) is 65.4 Å². The van der Waals surface area contributed by atoms with Crippen LogP contribution in [0.3, 0.4) is 0 Å². The zero-order valence-corrected chi connectivity index (χ0v) is 17.7. The normalized spacial score (nSPS) is 21.5. The van der Waals surface area contributed by atoms with Crippen LogP contribution in [-0.4, -0.2) is 49.1 Å². The minimum absolute atomic E-state index is 0.0815. The van der Waals surface area contributed by atoms with Gasteiger partial charge in [0.1, 0.15) is 11.4 Å². The number of carbonyl (C=O) groups excluding carboxylic acids is 2. The number of benzene rings is 2. The second-order valence-corrected chi connectivity index (χ2v) is 7.69. The van der Waals surface area contributed by atoms with Gasteiger partial charge in [0.2, 0.25) is 0 Å². The Morgan fingerprint density at radius 2 is 1.65 bits per heavy atom. The van der Waals surface area contributed by atoms with Crippen molar-refractivity contribution in [2.45, 2.75) is 26.1 Å². The van der Waals surface area contributed by atoms with Gasteiger partial charge in [0, 0.05) is 18.7 Å². The molecule has 2 atom stereocenters. The second kappa shape index (κ2) is 8.25. The molecule has 4 rings (SSSR count). The fourth-order valence-electron chi connectivity index (χ4n) is 4.19. The first-order valence-electron chi connectivity index (χ1n) is 10.1. The van der Waals surface area contributed by atoms with Crippen molar-refractivity contribution in [2.75, 3.05) is 25.1 Å². The Labute approximate surface area is 181 Å². The van der Waals surface area contributed by atoms with Crippen LogP contribution in [0.5, 0.6) is 5.75 Å². The number of rotatable bonds is 4. The SMILES string of the molecule is COc1ccccc1C1=C(N2CC(C)OC(C)C2)C(=O)N(c2ccc(C#N)cc2)C1=O. The van der Waals surface area contributed by atoms with Gasteiger partial charge in [-0.2, -0.15) is 5.26 Å². The lowest BCUT2D eigenvalue weighted by Gasteiger charge is -2.37. The highest BCUT2D eigenvalue weighted by molar-refractivity contribution is 6.45. The molecule has 2 heterocycles. The molecule has 2 aliphatic rings. The van der Waals surface area contributed by atoms with Crippen LogP contribution < -0.4 is 9.64 Å². The third kappa shape index (κ3) is 3.66. The largest absolute Gasteiger partial charge is 0.496 e. The molecule has 31 heavy (non-hydrogen) atoms. The smallest absolute Gasteiger partial charge is 0.282 e. The summed E-state index contributed by atoms with van der Waals surface area (Å²) in [5.74, 6) is -0.287. The van der Waals surface area contributed by atoms with Crippen molar-refractivity contribution in [2.24, 2.45) is 0 Å². The molecule has 0 bridgehead atoms. The van der Waals surface area contributed by atoms with E-state index in [1.807, 2.05) is 36.9 Å². The maximum absolute atomic E-state index is 13.6. The summed E-state index contributed by atoms with van der Waals surface area (Å²) < 4.78 is 11.3. The Hall–Kier alpha value is -3.63. The number of nitrogens with zero attached hydrogens (tertiary/aromatic N) is 3. The zero-order valence-electron chi connectivity index (χ0n) is 17.7. The van der Waals surface area contributed by atoms with E-state index in [2.05, 4.69) is 0 Å². The predicted molar refractivity (Wildman–Crippen MR) is 115 cm³/mol. The van der Waals surface area contributed by atoms with Gasteiger partial charge in [-0.15, -0.1) is 0 Å². The van der Waals surface area contributed by atoms with Gasteiger partial charge in [0.05, 0.1) is 42.2 Å². The van der Waals surface area contributed by atoms with E-state index >= 15 is 0 Å². The molecule has 2 aromatic carbocycles.